The van der Waals surface area contributed by atoms with Crippen molar-refractivity contribution >= 4 is 5.69 Å². The number of benzene rings is 1. The van der Waals surface area contributed by atoms with Crippen molar-refractivity contribution in [2.24, 2.45) is 0 Å². The molecule has 1 aliphatic heterocycles. The molecule has 94 valence electrons. The van der Waals surface area contributed by atoms with Crippen molar-refractivity contribution < 1.29 is 4.74 Å². The molecule has 1 fully saturated rings. The van der Waals surface area contributed by atoms with Crippen LogP contribution in [0.25, 0.3) is 0 Å². The maximum absolute atomic E-state index is 5.28. The summed E-state index contributed by atoms with van der Waals surface area (Å²) >= 11 is 0. The summed E-state index contributed by atoms with van der Waals surface area (Å²) < 4.78 is 5.28. The number of nitrogens with zero attached hydrogens (tertiary/aromatic N) is 1. The van der Waals surface area contributed by atoms with Gasteiger partial charge in [0.25, 0.3) is 0 Å². The number of nitrogens with one attached hydrogen (secondary N) is 1. The fourth-order valence-electron chi connectivity index (χ4n) is 2.41. The lowest BCUT2D eigenvalue weighted by atomic mass is 10.1. The van der Waals surface area contributed by atoms with Gasteiger partial charge in [-0.05, 0) is 18.6 Å². The molecule has 0 spiro atoms. The van der Waals surface area contributed by atoms with E-state index in [1.807, 2.05) is 6.07 Å². The second kappa shape index (κ2) is 5.92. The molecule has 0 amide bonds. The molecule has 0 bridgehead atoms. The molecule has 1 aliphatic rings. The number of anilines is 1. The summed E-state index contributed by atoms with van der Waals surface area (Å²) in [6, 6.07) is 8.96. The normalized spacial score (nSPS) is 20.4. The highest BCUT2D eigenvalue weighted by Gasteiger charge is 2.18. The zero-order valence-corrected chi connectivity index (χ0v) is 10.8. The molecule has 3 nitrogen and oxygen atoms in total. The van der Waals surface area contributed by atoms with Gasteiger partial charge in [-0.25, -0.2) is 0 Å². The highest BCUT2D eigenvalue weighted by Crippen LogP contribution is 2.22. The average molecular weight is 234 g/mol. The summed E-state index contributed by atoms with van der Waals surface area (Å²) in [6.45, 7) is 5.49. The zero-order chi connectivity index (χ0) is 12.1. The van der Waals surface area contributed by atoms with Crippen LogP contribution in [0.5, 0.6) is 5.75 Å². The van der Waals surface area contributed by atoms with Gasteiger partial charge in [0.2, 0.25) is 0 Å². The van der Waals surface area contributed by atoms with E-state index in [-0.39, 0.29) is 0 Å². The van der Waals surface area contributed by atoms with E-state index in [2.05, 4.69) is 35.3 Å². The molecular weight excluding hydrogens is 212 g/mol. The van der Waals surface area contributed by atoms with Gasteiger partial charge in [0.15, 0.2) is 0 Å². The predicted molar refractivity (Wildman–Crippen MR) is 71.9 cm³/mol. The maximum atomic E-state index is 5.28. The monoisotopic (exact) mass is 234 g/mol. The van der Waals surface area contributed by atoms with Gasteiger partial charge in [-0.15, -0.1) is 0 Å². The first-order chi connectivity index (χ1) is 8.33. The number of ether oxygens (including phenoxy) is 1. The van der Waals surface area contributed by atoms with Gasteiger partial charge in [-0.3, -0.25) is 0 Å². The van der Waals surface area contributed by atoms with Crippen molar-refractivity contribution in [3.05, 3.63) is 24.3 Å². The van der Waals surface area contributed by atoms with Crippen LogP contribution in [0.3, 0.4) is 0 Å². The van der Waals surface area contributed by atoms with Crippen LogP contribution in [0.4, 0.5) is 5.69 Å². The summed E-state index contributed by atoms with van der Waals surface area (Å²) in [4.78, 5) is 2.44. The number of hydrogen-bond acceptors (Lipinski definition) is 3. The Labute approximate surface area is 104 Å². The third kappa shape index (κ3) is 3.13. The first-order valence-electron chi connectivity index (χ1n) is 6.46. The van der Waals surface area contributed by atoms with Crippen molar-refractivity contribution in [2.75, 3.05) is 31.6 Å². The quantitative estimate of drug-likeness (QED) is 0.865. The van der Waals surface area contributed by atoms with Crippen LogP contribution in [-0.2, 0) is 0 Å². The topological polar surface area (TPSA) is 24.5 Å². The van der Waals surface area contributed by atoms with E-state index in [0.29, 0.717) is 6.04 Å². The van der Waals surface area contributed by atoms with Crippen LogP contribution in [0.15, 0.2) is 24.3 Å². The molecule has 1 heterocycles. The minimum atomic E-state index is 0.625. The number of rotatable bonds is 4. The van der Waals surface area contributed by atoms with E-state index in [1.165, 1.54) is 18.5 Å². The van der Waals surface area contributed by atoms with E-state index in [4.69, 9.17) is 4.74 Å². The lowest BCUT2D eigenvalue weighted by Crippen LogP contribution is -2.50. The van der Waals surface area contributed by atoms with Crippen LogP contribution >= 0.6 is 0 Å². The van der Waals surface area contributed by atoms with Gasteiger partial charge in [0.05, 0.1) is 7.11 Å². The second-order valence-corrected chi connectivity index (χ2v) is 4.59. The number of piperazine rings is 1. The Hall–Kier alpha value is -1.22. The van der Waals surface area contributed by atoms with Crippen molar-refractivity contribution in [1.29, 1.82) is 0 Å². The smallest absolute Gasteiger partial charge is 0.120 e. The number of methoxy groups -OCH3 is 1. The van der Waals surface area contributed by atoms with Gasteiger partial charge < -0.3 is 15.0 Å². The van der Waals surface area contributed by atoms with Crippen LogP contribution in [-0.4, -0.2) is 32.8 Å². The van der Waals surface area contributed by atoms with Gasteiger partial charge in [0.1, 0.15) is 5.75 Å². The molecule has 0 saturated carbocycles. The fraction of sp³-hybridized carbons (Fsp3) is 0.571. The summed E-state index contributed by atoms with van der Waals surface area (Å²) in [5, 5.41) is 3.58. The van der Waals surface area contributed by atoms with Crippen LogP contribution in [0, 0.1) is 0 Å². The largest absolute Gasteiger partial charge is 0.497 e. The Bertz CT molecular complexity index is 352. The molecular formula is C14H22N2O. The van der Waals surface area contributed by atoms with Gasteiger partial charge >= 0.3 is 0 Å². The highest BCUT2D eigenvalue weighted by molar-refractivity contribution is 5.51. The Morgan fingerprint density at radius 3 is 3.12 bits per heavy atom. The molecule has 1 atom stereocenters. The van der Waals surface area contributed by atoms with Gasteiger partial charge in [-0.2, -0.15) is 0 Å². The standard InChI is InChI=1S/C14H22N2O/c1-3-5-12-11-16(9-8-15-12)13-6-4-7-14(10-13)17-2/h4,6-7,10,12,15H,3,5,8-9,11H2,1-2H3. The fourth-order valence-corrected chi connectivity index (χ4v) is 2.41. The Balaban J connectivity index is 2.05. The average Bonchev–Trinajstić information content (AvgIpc) is 2.40. The Kier molecular flexibility index (Phi) is 4.26. The summed E-state index contributed by atoms with van der Waals surface area (Å²) in [5.74, 6) is 0.938. The van der Waals surface area contributed by atoms with Crippen molar-refractivity contribution in [3.8, 4) is 5.75 Å². The molecule has 1 unspecified atom stereocenters. The van der Waals surface area contributed by atoms with Crippen LogP contribution in [0.1, 0.15) is 19.8 Å². The highest BCUT2D eigenvalue weighted by atomic mass is 16.5. The lowest BCUT2D eigenvalue weighted by Gasteiger charge is -2.35. The molecule has 17 heavy (non-hydrogen) atoms. The second-order valence-electron chi connectivity index (χ2n) is 4.59. The summed E-state index contributed by atoms with van der Waals surface area (Å²) in [6.07, 6.45) is 2.49. The summed E-state index contributed by atoms with van der Waals surface area (Å²) in [7, 11) is 1.72. The van der Waals surface area contributed by atoms with Gasteiger partial charge in [0, 0.05) is 37.4 Å². The molecule has 2 rings (SSSR count). The van der Waals surface area contributed by atoms with E-state index < -0.39 is 0 Å². The van der Waals surface area contributed by atoms with E-state index in [1.54, 1.807) is 7.11 Å². The zero-order valence-electron chi connectivity index (χ0n) is 10.8. The molecule has 1 aromatic carbocycles. The third-order valence-electron chi connectivity index (χ3n) is 3.31. The molecule has 1 saturated heterocycles. The van der Waals surface area contributed by atoms with Crippen LogP contribution in [0.2, 0.25) is 0 Å². The molecule has 1 aromatic rings. The molecule has 3 heteroatoms. The van der Waals surface area contributed by atoms with Crippen molar-refractivity contribution in [1.82, 2.24) is 5.32 Å². The molecule has 0 aromatic heterocycles. The first-order valence-corrected chi connectivity index (χ1v) is 6.46. The van der Waals surface area contributed by atoms with E-state index in [0.717, 1.165) is 25.4 Å². The molecule has 1 N–H and O–H groups in total. The first kappa shape index (κ1) is 12.2. The molecule has 0 radical (unpaired) electrons. The van der Waals surface area contributed by atoms with Crippen LogP contribution < -0.4 is 15.0 Å². The van der Waals surface area contributed by atoms with E-state index >= 15 is 0 Å². The van der Waals surface area contributed by atoms with Crippen molar-refractivity contribution in [2.45, 2.75) is 25.8 Å². The Morgan fingerprint density at radius 2 is 2.35 bits per heavy atom. The lowest BCUT2D eigenvalue weighted by molar-refractivity contribution is 0.412. The van der Waals surface area contributed by atoms with Crippen molar-refractivity contribution in [3.63, 3.8) is 0 Å². The van der Waals surface area contributed by atoms with Gasteiger partial charge in [-0.1, -0.05) is 19.4 Å². The minimum Gasteiger partial charge on any atom is -0.497 e. The molecule has 0 aliphatic carbocycles. The minimum absolute atomic E-state index is 0.625. The maximum Gasteiger partial charge on any atom is 0.120 e. The number of hydrogen-bond donors (Lipinski definition) is 1. The third-order valence-corrected chi connectivity index (χ3v) is 3.31. The SMILES string of the molecule is CCCC1CN(c2cccc(OC)c2)CCN1. The predicted octanol–water partition coefficient (Wildman–Crippen LogP) is 2.27. The summed E-state index contributed by atoms with van der Waals surface area (Å²) in [5.41, 5.74) is 1.27. The Morgan fingerprint density at radius 1 is 1.47 bits per heavy atom. The van der Waals surface area contributed by atoms with E-state index in [9.17, 15) is 0 Å².